The van der Waals surface area contributed by atoms with E-state index in [1.165, 1.54) is 12.8 Å². The van der Waals surface area contributed by atoms with Gasteiger partial charge in [-0.15, -0.1) is 11.3 Å². The van der Waals surface area contributed by atoms with Gasteiger partial charge in [-0.25, -0.2) is 8.78 Å². The normalized spacial score (nSPS) is 22.3. The number of ether oxygens (including phenoxy) is 2. The van der Waals surface area contributed by atoms with Gasteiger partial charge in [0, 0.05) is 10.8 Å². The summed E-state index contributed by atoms with van der Waals surface area (Å²) in [5.41, 5.74) is 0. The molecule has 0 amide bonds. The Hall–Kier alpha value is -1.88. The molecule has 0 N–H and O–H groups in total. The van der Waals surface area contributed by atoms with Crippen molar-refractivity contribution < 1.29 is 18.3 Å². The molecule has 2 aliphatic rings. The molecular formula is C24H26F2O2S. The summed E-state index contributed by atoms with van der Waals surface area (Å²) >= 11 is 1.14. The summed E-state index contributed by atoms with van der Waals surface area (Å²) in [6, 6.07) is 7.03. The van der Waals surface area contributed by atoms with Gasteiger partial charge in [0.05, 0.1) is 22.6 Å². The van der Waals surface area contributed by atoms with Gasteiger partial charge in [0.2, 0.25) is 0 Å². The van der Waals surface area contributed by atoms with Gasteiger partial charge in [-0.3, -0.25) is 0 Å². The molecule has 0 aliphatic heterocycles. The molecule has 3 aromatic rings. The Morgan fingerprint density at radius 2 is 1.21 bits per heavy atom. The lowest BCUT2D eigenvalue weighted by molar-refractivity contribution is 0.183. The third-order valence-electron chi connectivity index (χ3n) is 6.40. The first-order valence-corrected chi connectivity index (χ1v) is 11.5. The SMILES string of the molecule is CC1CCC(COc2ccc3c(sc4c(F)c(OCC5CC5)ccc43)c2F)CC1. The highest BCUT2D eigenvalue weighted by Gasteiger charge is 2.24. The van der Waals surface area contributed by atoms with E-state index < -0.39 is 0 Å². The fraction of sp³-hybridized carbons (Fsp3) is 0.500. The van der Waals surface area contributed by atoms with Gasteiger partial charge < -0.3 is 9.47 Å². The summed E-state index contributed by atoms with van der Waals surface area (Å²) < 4.78 is 42.5. The van der Waals surface area contributed by atoms with Crippen LogP contribution < -0.4 is 9.47 Å². The van der Waals surface area contributed by atoms with E-state index in [0.717, 1.165) is 53.7 Å². The molecule has 29 heavy (non-hydrogen) atoms. The van der Waals surface area contributed by atoms with Crippen molar-refractivity contribution in [3.8, 4) is 11.5 Å². The number of hydrogen-bond acceptors (Lipinski definition) is 3. The minimum absolute atomic E-state index is 0.263. The monoisotopic (exact) mass is 416 g/mol. The average molecular weight is 417 g/mol. The number of hydrogen-bond donors (Lipinski definition) is 0. The van der Waals surface area contributed by atoms with Crippen LogP contribution in [0.3, 0.4) is 0 Å². The predicted octanol–water partition coefficient (Wildman–Crippen LogP) is 7.33. The van der Waals surface area contributed by atoms with Crippen LogP contribution in [0.5, 0.6) is 11.5 Å². The maximum Gasteiger partial charge on any atom is 0.182 e. The Bertz CT molecular complexity index is 1030. The Kier molecular flexibility index (Phi) is 5.10. The van der Waals surface area contributed by atoms with Gasteiger partial charge in [0.25, 0.3) is 0 Å². The number of benzene rings is 2. The van der Waals surface area contributed by atoms with Crippen molar-refractivity contribution in [2.45, 2.75) is 45.4 Å². The van der Waals surface area contributed by atoms with Gasteiger partial charge in [0.1, 0.15) is 0 Å². The summed E-state index contributed by atoms with van der Waals surface area (Å²) in [5.74, 6) is 1.60. The largest absolute Gasteiger partial charge is 0.490 e. The molecular weight excluding hydrogens is 390 g/mol. The zero-order chi connectivity index (χ0) is 20.0. The smallest absolute Gasteiger partial charge is 0.182 e. The molecule has 1 aromatic heterocycles. The minimum Gasteiger partial charge on any atom is -0.490 e. The van der Waals surface area contributed by atoms with Crippen LogP contribution in [-0.2, 0) is 0 Å². The fourth-order valence-electron chi connectivity index (χ4n) is 4.22. The van der Waals surface area contributed by atoms with E-state index in [2.05, 4.69) is 6.92 Å². The molecule has 0 saturated heterocycles. The second-order valence-corrected chi connectivity index (χ2v) is 9.82. The Morgan fingerprint density at radius 3 is 1.66 bits per heavy atom. The number of rotatable bonds is 6. The van der Waals surface area contributed by atoms with Gasteiger partial charge in [-0.2, -0.15) is 0 Å². The summed E-state index contributed by atoms with van der Waals surface area (Å²) in [6.07, 6.45) is 7.03. The Labute approximate surface area is 173 Å². The molecule has 2 aliphatic carbocycles. The van der Waals surface area contributed by atoms with E-state index in [0.29, 0.717) is 34.4 Å². The van der Waals surface area contributed by atoms with Crippen LogP contribution in [0.15, 0.2) is 24.3 Å². The zero-order valence-electron chi connectivity index (χ0n) is 16.7. The van der Waals surface area contributed by atoms with Crippen LogP contribution in [0, 0.1) is 29.4 Å². The van der Waals surface area contributed by atoms with Crippen LogP contribution in [0.2, 0.25) is 0 Å². The lowest BCUT2D eigenvalue weighted by Crippen LogP contribution is -2.19. The number of thiophene rings is 1. The van der Waals surface area contributed by atoms with Gasteiger partial charge >= 0.3 is 0 Å². The first kappa shape index (κ1) is 19.1. The number of halogens is 2. The van der Waals surface area contributed by atoms with Gasteiger partial charge in [0.15, 0.2) is 23.1 Å². The predicted molar refractivity (Wildman–Crippen MR) is 114 cm³/mol. The second kappa shape index (κ2) is 7.75. The van der Waals surface area contributed by atoms with Crippen molar-refractivity contribution in [2.75, 3.05) is 13.2 Å². The molecule has 0 unspecified atom stereocenters. The van der Waals surface area contributed by atoms with Crippen LogP contribution in [0.25, 0.3) is 20.2 Å². The summed E-state index contributed by atoms with van der Waals surface area (Å²) in [7, 11) is 0. The molecule has 0 radical (unpaired) electrons. The van der Waals surface area contributed by atoms with E-state index in [4.69, 9.17) is 9.47 Å². The molecule has 0 atom stereocenters. The molecule has 0 bridgehead atoms. The minimum atomic E-state index is -0.387. The molecule has 2 fully saturated rings. The van der Waals surface area contributed by atoms with Gasteiger partial charge in [-0.1, -0.05) is 19.8 Å². The third-order valence-corrected chi connectivity index (χ3v) is 7.61. The van der Waals surface area contributed by atoms with E-state index in [1.807, 2.05) is 12.1 Å². The quantitative estimate of drug-likeness (QED) is 0.419. The van der Waals surface area contributed by atoms with Crippen molar-refractivity contribution in [3.63, 3.8) is 0 Å². The summed E-state index contributed by atoms with van der Waals surface area (Å²) in [5, 5.41) is 1.46. The maximum absolute atomic E-state index is 15.1. The highest BCUT2D eigenvalue weighted by Crippen LogP contribution is 2.42. The third kappa shape index (κ3) is 3.81. The second-order valence-electron chi connectivity index (χ2n) is 8.80. The van der Waals surface area contributed by atoms with Crippen LogP contribution in [0.1, 0.15) is 45.4 Å². The lowest BCUT2D eigenvalue weighted by atomic mass is 9.83. The average Bonchev–Trinajstić information content (AvgIpc) is 3.47. The molecule has 1 heterocycles. The van der Waals surface area contributed by atoms with Gasteiger partial charge in [-0.05, 0) is 67.7 Å². The van der Waals surface area contributed by atoms with E-state index in [-0.39, 0.29) is 23.1 Å². The molecule has 2 nitrogen and oxygen atoms in total. The molecule has 0 spiro atoms. The molecule has 5 heteroatoms. The lowest BCUT2D eigenvalue weighted by Gasteiger charge is -2.26. The van der Waals surface area contributed by atoms with Crippen LogP contribution >= 0.6 is 11.3 Å². The fourth-order valence-corrected chi connectivity index (χ4v) is 5.38. The molecule has 5 rings (SSSR count). The first-order valence-electron chi connectivity index (χ1n) is 10.7. The first-order chi connectivity index (χ1) is 14.1. The highest BCUT2D eigenvalue weighted by atomic mass is 32.1. The van der Waals surface area contributed by atoms with E-state index >= 15 is 4.39 Å². The van der Waals surface area contributed by atoms with Crippen LogP contribution in [0.4, 0.5) is 8.78 Å². The zero-order valence-corrected chi connectivity index (χ0v) is 17.5. The van der Waals surface area contributed by atoms with Crippen molar-refractivity contribution in [1.29, 1.82) is 0 Å². The molecule has 2 saturated carbocycles. The van der Waals surface area contributed by atoms with E-state index in [9.17, 15) is 4.39 Å². The van der Waals surface area contributed by atoms with Crippen molar-refractivity contribution in [3.05, 3.63) is 35.9 Å². The topological polar surface area (TPSA) is 18.5 Å². The maximum atomic E-state index is 15.1. The Morgan fingerprint density at radius 1 is 0.759 bits per heavy atom. The van der Waals surface area contributed by atoms with E-state index in [1.54, 1.807) is 12.1 Å². The molecule has 154 valence electrons. The van der Waals surface area contributed by atoms with Crippen LogP contribution in [-0.4, -0.2) is 13.2 Å². The highest BCUT2D eigenvalue weighted by molar-refractivity contribution is 7.25. The van der Waals surface area contributed by atoms with Crippen molar-refractivity contribution >= 4 is 31.5 Å². The summed E-state index contributed by atoms with van der Waals surface area (Å²) in [6.45, 7) is 3.39. The standard InChI is InChI=1S/C24H26F2O2S/c1-14-2-4-15(5-3-14)12-27-19-10-8-17-18-9-11-20(28-13-16-6-7-16)22(26)24(18)29-23(17)21(19)25/h8-11,14-16H,2-7,12-13H2,1H3. The number of fused-ring (bicyclic) bond motifs is 3. The van der Waals surface area contributed by atoms with Crippen molar-refractivity contribution in [1.82, 2.24) is 0 Å². The Balaban J connectivity index is 1.40. The summed E-state index contributed by atoms with van der Waals surface area (Å²) in [4.78, 5) is 0. The van der Waals surface area contributed by atoms with Crippen molar-refractivity contribution in [2.24, 2.45) is 17.8 Å². The molecule has 2 aromatic carbocycles.